The molecule has 0 saturated carbocycles. The molecule has 1 heterocycles. The second-order valence-corrected chi connectivity index (χ2v) is 8.75. The fourth-order valence-electron chi connectivity index (χ4n) is 2.77. The van der Waals surface area contributed by atoms with Crippen LogP contribution in [0, 0.1) is 6.92 Å². The Morgan fingerprint density at radius 2 is 1.79 bits per heavy atom. The number of aromatic nitrogens is 1. The predicted molar refractivity (Wildman–Crippen MR) is 118 cm³/mol. The van der Waals surface area contributed by atoms with Crippen LogP contribution in [0.25, 0.3) is 0 Å². The van der Waals surface area contributed by atoms with Crippen LogP contribution in [0.2, 0.25) is 0 Å². The molecule has 0 aliphatic heterocycles. The normalized spacial score (nSPS) is 10.7. The van der Waals surface area contributed by atoms with Gasteiger partial charge in [-0.1, -0.05) is 54.2 Å². The van der Waals surface area contributed by atoms with Crippen molar-refractivity contribution >= 4 is 34.9 Å². The molecule has 0 saturated heterocycles. The number of thiazole rings is 1. The van der Waals surface area contributed by atoms with Gasteiger partial charge in [0.05, 0.1) is 0 Å². The molecule has 0 bridgehead atoms. The van der Waals surface area contributed by atoms with Crippen molar-refractivity contribution in [1.29, 1.82) is 0 Å². The second-order valence-electron chi connectivity index (χ2n) is 6.67. The fourth-order valence-corrected chi connectivity index (χ4v) is 4.58. The first-order chi connectivity index (χ1) is 14.0. The average molecular weight is 426 g/mol. The largest absolute Gasteiger partial charge is 0.370 e. The summed E-state index contributed by atoms with van der Waals surface area (Å²) in [5.41, 5.74) is 9.07. The van der Waals surface area contributed by atoms with E-state index in [1.54, 1.807) is 28.0 Å². The maximum Gasteiger partial charge on any atom is 0.254 e. The number of carbonyl (C=O) groups is 2. The quantitative estimate of drug-likeness (QED) is 0.520. The highest BCUT2D eigenvalue weighted by Crippen LogP contribution is 2.26. The van der Waals surface area contributed by atoms with Crippen LogP contribution in [-0.2, 0) is 17.1 Å². The Kier molecular flexibility index (Phi) is 7.43. The number of thioether (sulfide) groups is 1. The lowest BCUT2D eigenvalue weighted by Crippen LogP contribution is -2.33. The van der Waals surface area contributed by atoms with E-state index in [1.165, 1.54) is 0 Å². The molecule has 0 aliphatic carbocycles. The van der Waals surface area contributed by atoms with E-state index in [0.29, 0.717) is 18.7 Å². The summed E-state index contributed by atoms with van der Waals surface area (Å²) in [6, 6.07) is 17.3. The molecular formula is C22H23N3O2S2. The number of nitrogens with two attached hydrogens (primary N) is 1. The van der Waals surface area contributed by atoms with Gasteiger partial charge in [0.25, 0.3) is 5.91 Å². The van der Waals surface area contributed by atoms with Gasteiger partial charge in [-0.05, 0) is 30.2 Å². The van der Waals surface area contributed by atoms with E-state index in [1.807, 2.05) is 66.9 Å². The van der Waals surface area contributed by atoms with Crippen molar-refractivity contribution in [2.75, 3.05) is 6.54 Å². The smallest absolute Gasteiger partial charge is 0.254 e. The van der Waals surface area contributed by atoms with Crippen LogP contribution in [0.3, 0.4) is 0 Å². The summed E-state index contributed by atoms with van der Waals surface area (Å²) in [5, 5.41) is 2.04. The first kappa shape index (κ1) is 21.1. The van der Waals surface area contributed by atoms with Crippen LogP contribution < -0.4 is 5.73 Å². The molecule has 7 heteroatoms. The van der Waals surface area contributed by atoms with Crippen LogP contribution in [0.5, 0.6) is 0 Å². The van der Waals surface area contributed by atoms with Gasteiger partial charge in [-0.3, -0.25) is 9.59 Å². The molecule has 0 aliphatic rings. The Labute approximate surface area is 179 Å². The molecule has 0 atom stereocenters. The van der Waals surface area contributed by atoms with Gasteiger partial charge < -0.3 is 10.6 Å². The van der Waals surface area contributed by atoms with Crippen molar-refractivity contribution in [2.45, 2.75) is 30.0 Å². The topological polar surface area (TPSA) is 76.3 Å². The molecule has 0 fully saturated rings. The van der Waals surface area contributed by atoms with Crippen molar-refractivity contribution in [3.63, 3.8) is 0 Å². The minimum Gasteiger partial charge on any atom is -0.370 e. The molecule has 2 N–H and O–H groups in total. The molecule has 3 aromatic rings. The SMILES string of the molecule is Cc1csc(SCc2ccc(C(=O)N(CCC(N)=O)Cc3ccccc3)cc2)n1. The third kappa shape index (κ3) is 6.44. The molecular weight excluding hydrogens is 402 g/mol. The molecule has 5 nitrogen and oxygen atoms in total. The van der Waals surface area contributed by atoms with Gasteiger partial charge in [0.15, 0.2) is 0 Å². The third-order valence-corrected chi connectivity index (χ3v) is 6.50. The zero-order chi connectivity index (χ0) is 20.6. The maximum absolute atomic E-state index is 13.0. The number of carbonyl (C=O) groups excluding carboxylic acids is 2. The summed E-state index contributed by atoms with van der Waals surface area (Å²) in [6.45, 7) is 2.72. The minimum absolute atomic E-state index is 0.107. The van der Waals surface area contributed by atoms with Crippen molar-refractivity contribution in [3.05, 3.63) is 82.4 Å². The first-order valence-corrected chi connectivity index (χ1v) is 11.1. The van der Waals surface area contributed by atoms with Gasteiger partial charge in [0.1, 0.15) is 4.34 Å². The number of nitrogens with zero attached hydrogens (tertiary/aromatic N) is 2. The number of rotatable bonds is 9. The van der Waals surface area contributed by atoms with Gasteiger partial charge in [-0.15, -0.1) is 11.3 Å². The average Bonchev–Trinajstić information content (AvgIpc) is 3.15. The van der Waals surface area contributed by atoms with E-state index in [2.05, 4.69) is 4.98 Å². The summed E-state index contributed by atoms with van der Waals surface area (Å²) in [7, 11) is 0. The van der Waals surface area contributed by atoms with Gasteiger partial charge >= 0.3 is 0 Å². The number of primary amides is 1. The van der Waals surface area contributed by atoms with Crippen LogP contribution in [0.1, 0.15) is 33.6 Å². The molecule has 2 amide bonds. The summed E-state index contributed by atoms with van der Waals surface area (Å²) in [6.07, 6.45) is 0.139. The Morgan fingerprint density at radius 1 is 1.07 bits per heavy atom. The van der Waals surface area contributed by atoms with Crippen LogP contribution in [0.15, 0.2) is 64.3 Å². The summed E-state index contributed by atoms with van der Waals surface area (Å²) in [4.78, 5) is 30.4. The van der Waals surface area contributed by atoms with E-state index in [-0.39, 0.29) is 12.3 Å². The lowest BCUT2D eigenvalue weighted by Gasteiger charge is -2.22. The number of hydrogen-bond acceptors (Lipinski definition) is 5. The number of benzene rings is 2. The molecule has 1 aromatic heterocycles. The molecule has 0 radical (unpaired) electrons. The molecule has 150 valence electrons. The Bertz CT molecular complexity index is 956. The van der Waals surface area contributed by atoms with E-state index >= 15 is 0 Å². The van der Waals surface area contributed by atoms with Gasteiger partial charge in [-0.25, -0.2) is 4.98 Å². The lowest BCUT2D eigenvalue weighted by molar-refractivity contribution is -0.118. The summed E-state index contributed by atoms with van der Waals surface area (Å²) < 4.78 is 1.04. The second kappa shape index (κ2) is 10.2. The van der Waals surface area contributed by atoms with Gasteiger partial charge in [-0.2, -0.15) is 0 Å². The third-order valence-electron chi connectivity index (χ3n) is 4.29. The zero-order valence-corrected chi connectivity index (χ0v) is 17.8. The van der Waals surface area contributed by atoms with Crippen LogP contribution in [0.4, 0.5) is 0 Å². The van der Waals surface area contributed by atoms with Crippen LogP contribution >= 0.6 is 23.1 Å². The van der Waals surface area contributed by atoms with Crippen molar-refractivity contribution in [2.24, 2.45) is 5.73 Å². The minimum atomic E-state index is -0.416. The predicted octanol–water partition coefficient (Wildman–Crippen LogP) is 4.26. The molecule has 29 heavy (non-hydrogen) atoms. The fraction of sp³-hybridized carbons (Fsp3) is 0.227. The zero-order valence-electron chi connectivity index (χ0n) is 16.2. The van der Waals surface area contributed by atoms with Gasteiger partial charge in [0.2, 0.25) is 5.91 Å². The van der Waals surface area contributed by atoms with Crippen LogP contribution in [-0.4, -0.2) is 28.2 Å². The van der Waals surface area contributed by atoms with Gasteiger partial charge in [0, 0.05) is 41.9 Å². The number of hydrogen-bond donors (Lipinski definition) is 1. The summed E-state index contributed by atoms with van der Waals surface area (Å²) >= 11 is 3.33. The van der Waals surface area contributed by atoms with Crippen molar-refractivity contribution in [3.8, 4) is 0 Å². The number of amides is 2. The van der Waals surface area contributed by atoms with E-state index in [9.17, 15) is 9.59 Å². The molecule has 0 unspecified atom stereocenters. The van der Waals surface area contributed by atoms with E-state index < -0.39 is 5.91 Å². The molecule has 3 rings (SSSR count). The Morgan fingerprint density at radius 3 is 2.41 bits per heavy atom. The highest BCUT2D eigenvalue weighted by molar-refractivity contribution is 8.00. The van der Waals surface area contributed by atoms with Crippen molar-refractivity contribution in [1.82, 2.24) is 9.88 Å². The maximum atomic E-state index is 13.0. The molecule has 0 spiro atoms. The Balaban J connectivity index is 1.66. The van der Waals surface area contributed by atoms with Crippen molar-refractivity contribution < 1.29 is 9.59 Å². The Hall–Kier alpha value is -2.64. The highest BCUT2D eigenvalue weighted by Gasteiger charge is 2.17. The first-order valence-electron chi connectivity index (χ1n) is 9.26. The van der Waals surface area contributed by atoms with E-state index in [0.717, 1.165) is 26.9 Å². The number of aryl methyl sites for hydroxylation is 1. The highest BCUT2D eigenvalue weighted by atomic mass is 32.2. The molecule has 2 aromatic carbocycles. The lowest BCUT2D eigenvalue weighted by atomic mass is 10.1. The summed E-state index contributed by atoms with van der Waals surface area (Å²) in [5.74, 6) is 0.280. The monoisotopic (exact) mass is 425 g/mol. The standard InChI is InChI=1S/C22H23N3O2S2/c1-16-14-28-22(24-16)29-15-18-7-9-19(10-8-18)21(27)25(12-11-20(23)26)13-17-5-3-2-4-6-17/h2-10,14H,11-13,15H2,1H3,(H2,23,26). The van der Waals surface area contributed by atoms with E-state index in [4.69, 9.17) is 5.73 Å².